The van der Waals surface area contributed by atoms with Crippen LogP contribution in [0.15, 0.2) is 29.2 Å². The van der Waals surface area contributed by atoms with E-state index in [0.717, 1.165) is 23.1 Å². The summed E-state index contributed by atoms with van der Waals surface area (Å²) < 4.78 is 5.36. The molecular weight excluding hydrogens is 322 g/mol. The molecule has 1 aromatic carbocycles. The number of carboxylic acid groups (broad SMARTS) is 1. The van der Waals surface area contributed by atoms with E-state index in [1.54, 1.807) is 32.2 Å². The molecule has 1 aliphatic rings. The van der Waals surface area contributed by atoms with Gasteiger partial charge in [0.2, 0.25) is 0 Å². The maximum absolute atomic E-state index is 12.4. The first-order chi connectivity index (χ1) is 10.5. The van der Waals surface area contributed by atoms with Crippen molar-refractivity contribution in [1.82, 2.24) is 4.90 Å². The highest BCUT2D eigenvalue weighted by atomic mass is 32.2. The quantitative estimate of drug-likeness (QED) is 0.658. The Morgan fingerprint density at radius 3 is 2.59 bits per heavy atom. The molecule has 1 atom stereocenters. The third-order valence-electron chi connectivity index (χ3n) is 3.22. The fourth-order valence-corrected chi connectivity index (χ4v) is 3.42. The summed E-state index contributed by atoms with van der Waals surface area (Å²) in [7, 11) is 1.58. The minimum absolute atomic E-state index is 0.277. The van der Waals surface area contributed by atoms with E-state index in [0.29, 0.717) is 11.3 Å². The molecular formula is C15H15NO4S2. The van der Waals surface area contributed by atoms with Crippen LogP contribution in [-0.2, 0) is 9.59 Å². The number of ether oxygens (including phenoxy) is 1. The van der Waals surface area contributed by atoms with Gasteiger partial charge in [0.05, 0.1) is 12.0 Å². The number of carbonyl (C=O) groups excluding carboxylic acids is 1. The van der Waals surface area contributed by atoms with Crippen molar-refractivity contribution in [3.05, 3.63) is 34.7 Å². The fourth-order valence-electron chi connectivity index (χ4n) is 2.07. The topological polar surface area (TPSA) is 66.8 Å². The summed E-state index contributed by atoms with van der Waals surface area (Å²) in [5.74, 6) is -0.689. The number of hydrogen-bond acceptors (Lipinski definition) is 5. The minimum atomic E-state index is -1.05. The molecule has 1 saturated heterocycles. The zero-order chi connectivity index (χ0) is 16.3. The lowest BCUT2D eigenvalue weighted by Gasteiger charge is -2.21. The third-order valence-corrected chi connectivity index (χ3v) is 4.55. The standard InChI is InChI=1S/C15H15NO4S2/c1-3-11(14(18)19)16-13(17)12(22-15(16)21)8-9-4-6-10(20-2)7-5-9/h4-8,11H,3H2,1-2H3,(H,18,19)/b12-8-/t11-/m0/s1. The Morgan fingerprint density at radius 1 is 1.45 bits per heavy atom. The van der Waals surface area contributed by atoms with Gasteiger partial charge in [0.25, 0.3) is 5.91 Å². The normalized spacial score (nSPS) is 17.9. The highest BCUT2D eigenvalue weighted by molar-refractivity contribution is 8.26. The summed E-state index contributed by atoms with van der Waals surface area (Å²) in [6, 6.07) is 6.30. The van der Waals surface area contributed by atoms with Gasteiger partial charge in [-0.2, -0.15) is 0 Å². The minimum Gasteiger partial charge on any atom is -0.497 e. The Kier molecular flexibility index (Phi) is 5.20. The molecule has 0 aliphatic carbocycles. The van der Waals surface area contributed by atoms with Crippen LogP contribution in [0.4, 0.5) is 0 Å². The largest absolute Gasteiger partial charge is 0.497 e. The zero-order valence-corrected chi connectivity index (χ0v) is 13.7. The van der Waals surface area contributed by atoms with E-state index in [-0.39, 0.29) is 10.2 Å². The van der Waals surface area contributed by atoms with E-state index in [9.17, 15) is 14.7 Å². The third kappa shape index (κ3) is 3.31. The predicted molar refractivity (Wildman–Crippen MR) is 89.7 cm³/mol. The van der Waals surface area contributed by atoms with Crippen LogP contribution < -0.4 is 4.74 Å². The van der Waals surface area contributed by atoms with Gasteiger partial charge in [0, 0.05) is 0 Å². The van der Waals surface area contributed by atoms with Crippen molar-refractivity contribution in [2.75, 3.05) is 7.11 Å². The lowest BCUT2D eigenvalue weighted by molar-refractivity contribution is -0.145. The molecule has 22 heavy (non-hydrogen) atoms. The second-order valence-electron chi connectivity index (χ2n) is 4.59. The average molecular weight is 337 g/mol. The van der Waals surface area contributed by atoms with Crippen LogP contribution in [0.25, 0.3) is 6.08 Å². The Bertz CT molecular complexity index is 639. The van der Waals surface area contributed by atoms with Gasteiger partial charge in [-0.3, -0.25) is 9.69 Å². The molecule has 1 aliphatic heterocycles. The first-order valence-corrected chi connectivity index (χ1v) is 7.84. The van der Waals surface area contributed by atoms with Gasteiger partial charge in [-0.25, -0.2) is 4.79 Å². The lowest BCUT2D eigenvalue weighted by atomic mass is 10.1. The number of methoxy groups -OCH3 is 1. The number of amides is 1. The molecule has 0 bridgehead atoms. The summed E-state index contributed by atoms with van der Waals surface area (Å²) in [6.45, 7) is 1.71. The van der Waals surface area contributed by atoms with Gasteiger partial charge < -0.3 is 9.84 Å². The van der Waals surface area contributed by atoms with E-state index in [2.05, 4.69) is 0 Å². The first-order valence-electron chi connectivity index (χ1n) is 6.61. The molecule has 1 heterocycles. The smallest absolute Gasteiger partial charge is 0.326 e. The van der Waals surface area contributed by atoms with Crippen LogP contribution in [0.1, 0.15) is 18.9 Å². The van der Waals surface area contributed by atoms with E-state index >= 15 is 0 Å². The van der Waals surface area contributed by atoms with Crippen molar-refractivity contribution in [2.45, 2.75) is 19.4 Å². The molecule has 0 unspecified atom stereocenters. The van der Waals surface area contributed by atoms with Crippen LogP contribution in [0, 0.1) is 0 Å². The van der Waals surface area contributed by atoms with Crippen molar-refractivity contribution in [1.29, 1.82) is 0 Å². The van der Waals surface area contributed by atoms with Crippen molar-refractivity contribution < 1.29 is 19.4 Å². The van der Waals surface area contributed by atoms with E-state index < -0.39 is 12.0 Å². The number of thiocarbonyl (C=S) groups is 1. The number of hydrogen-bond donors (Lipinski definition) is 1. The molecule has 2 rings (SSSR count). The highest BCUT2D eigenvalue weighted by Gasteiger charge is 2.39. The van der Waals surface area contributed by atoms with Gasteiger partial charge in [-0.1, -0.05) is 43.0 Å². The number of carbonyl (C=O) groups is 2. The SMILES string of the molecule is CC[C@@H](C(=O)O)N1C(=O)/C(=C/c2ccc(OC)cc2)SC1=S. The van der Waals surface area contributed by atoms with Crippen molar-refractivity contribution in [3.63, 3.8) is 0 Å². The van der Waals surface area contributed by atoms with E-state index in [1.807, 2.05) is 12.1 Å². The first kappa shape index (κ1) is 16.5. The van der Waals surface area contributed by atoms with Gasteiger partial charge in [-0.05, 0) is 30.2 Å². The fraction of sp³-hybridized carbons (Fsp3) is 0.267. The number of nitrogens with zero attached hydrogens (tertiary/aromatic N) is 1. The van der Waals surface area contributed by atoms with Gasteiger partial charge in [-0.15, -0.1) is 0 Å². The monoisotopic (exact) mass is 337 g/mol. The summed E-state index contributed by atoms with van der Waals surface area (Å²) in [4.78, 5) is 25.3. The summed E-state index contributed by atoms with van der Waals surface area (Å²) in [5.41, 5.74) is 0.824. The number of carboxylic acids is 1. The maximum Gasteiger partial charge on any atom is 0.326 e. The summed E-state index contributed by atoms with van der Waals surface area (Å²) in [6.07, 6.45) is 2.00. The Balaban J connectivity index is 2.26. The number of thioether (sulfide) groups is 1. The van der Waals surface area contributed by atoms with Gasteiger partial charge in [0.15, 0.2) is 0 Å². The van der Waals surface area contributed by atoms with Crippen molar-refractivity contribution >= 4 is 46.3 Å². The molecule has 0 radical (unpaired) electrons. The van der Waals surface area contributed by atoms with Gasteiger partial charge >= 0.3 is 5.97 Å². The van der Waals surface area contributed by atoms with Gasteiger partial charge in [0.1, 0.15) is 16.1 Å². The van der Waals surface area contributed by atoms with Crippen LogP contribution in [0.2, 0.25) is 0 Å². The summed E-state index contributed by atoms with van der Waals surface area (Å²) >= 11 is 6.28. The molecule has 0 saturated carbocycles. The average Bonchev–Trinajstić information content (AvgIpc) is 2.76. The Labute approximate surface area is 137 Å². The molecule has 0 aromatic heterocycles. The molecule has 116 valence electrons. The molecule has 1 fully saturated rings. The predicted octanol–water partition coefficient (Wildman–Crippen LogP) is 2.76. The van der Waals surface area contributed by atoms with Crippen LogP contribution in [0.5, 0.6) is 5.75 Å². The molecule has 5 nitrogen and oxygen atoms in total. The van der Waals surface area contributed by atoms with E-state index in [1.165, 1.54) is 4.90 Å². The Hall–Kier alpha value is -1.86. The molecule has 1 N–H and O–H groups in total. The van der Waals surface area contributed by atoms with Crippen molar-refractivity contribution in [3.8, 4) is 5.75 Å². The van der Waals surface area contributed by atoms with Crippen molar-refractivity contribution in [2.24, 2.45) is 0 Å². The zero-order valence-electron chi connectivity index (χ0n) is 12.1. The number of benzene rings is 1. The summed E-state index contributed by atoms with van der Waals surface area (Å²) in [5, 5.41) is 9.21. The van der Waals surface area contributed by atoms with Crippen LogP contribution in [0.3, 0.4) is 0 Å². The molecule has 0 spiro atoms. The second-order valence-corrected chi connectivity index (χ2v) is 6.26. The van der Waals surface area contributed by atoms with Crippen LogP contribution >= 0.6 is 24.0 Å². The molecule has 1 aromatic rings. The Morgan fingerprint density at radius 2 is 2.09 bits per heavy atom. The second kappa shape index (κ2) is 6.93. The number of aliphatic carboxylic acids is 1. The van der Waals surface area contributed by atoms with Crippen LogP contribution in [-0.4, -0.2) is 39.4 Å². The molecule has 7 heteroatoms. The maximum atomic E-state index is 12.4. The number of rotatable bonds is 5. The highest BCUT2D eigenvalue weighted by Crippen LogP contribution is 2.34. The lowest BCUT2D eigenvalue weighted by Crippen LogP contribution is -2.43. The molecule has 1 amide bonds. The van der Waals surface area contributed by atoms with E-state index in [4.69, 9.17) is 17.0 Å².